The second-order valence-corrected chi connectivity index (χ2v) is 8.71. The summed E-state index contributed by atoms with van der Waals surface area (Å²) in [6, 6.07) is 6.41. The molecule has 0 bridgehead atoms. The molecule has 0 radical (unpaired) electrons. The van der Waals surface area contributed by atoms with E-state index in [1.165, 1.54) is 37.7 Å². The normalized spacial score (nSPS) is 25.9. The molecular formula is C23H29N3O2. The van der Waals surface area contributed by atoms with E-state index in [9.17, 15) is 4.79 Å². The molecule has 5 heteroatoms. The van der Waals surface area contributed by atoms with Crippen molar-refractivity contribution in [3.8, 4) is 11.1 Å². The topological polar surface area (TPSA) is 58.4 Å². The van der Waals surface area contributed by atoms with Crippen molar-refractivity contribution in [3.05, 3.63) is 35.2 Å². The number of nitrogens with one attached hydrogen (secondary N) is 1. The fourth-order valence-electron chi connectivity index (χ4n) is 5.93. The lowest BCUT2D eigenvalue weighted by Crippen LogP contribution is -2.56. The third-order valence-electron chi connectivity index (χ3n) is 7.15. The zero-order valence-electron chi connectivity index (χ0n) is 16.9. The van der Waals surface area contributed by atoms with E-state index in [1.54, 1.807) is 0 Å². The number of hydrogen-bond acceptors (Lipinski definition) is 4. The molecule has 5 rings (SSSR count). The van der Waals surface area contributed by atoms with Gasteiger partial charge < -0.3 is 9.84 Å². The molecule has 3 heterocycles. The number of aryl methyl sites for hydroxylation is 2. The molecule has 148 valence electrons. The van der Waals surface area contributed by atoms with Gasteiger partial charge in [-0.25, -0.2) is 0 Å². The number of aromatic nitrogens is 1. The first-order valence-corrected chi connectivity index (χ1v) is 10.8. The zero-order chi connectivity index (χ0) is 19.3. The van der Waals surface area contributed by atoms with Crippen molar-refractivity contribution in [1.29, 1.82) is 0 Å². The molecule has 28 heavy (non-hydrogen) atoms. The number of rotatable bonds is 3. The van der Waals surface area contributed by atoms with Gasteiger partial charge in [-0.2, -0.15) is 0 Å². The van der Waals surface area contributed by atoms with Crippen LogP contribution >= 0.6 is 0 Å². The first-order valence-electron chi connectivity index (χ1n) is 10.8. The monoisotopic (exact) mass is 379 g/mol. The van der Waals surface area contributed by atoms with Gasteiger partial charge in [0.1, 0.15) is 11.3 Å². The van der Waals surface area contributed by atoms with Crippen molar-refractivity contribution in [3.63, 3.8) is 0 Å². The van der Waals surface area contributed by atoms with Gasteiger partial charge in [-0.15, -0.1) is 0 Å². The maximum absolute atomic E-state index is 13.6. The summed E-state index contributed by atoms with van der Waals surface area (Å²) in [5, 5.41) is 7.38. The molecule has 2 aliphatic heterocycles. The average molecular weight is 380 g/mol. The lowest BCUT2D eigenvalue weighted by Gasteiger charge is -2.45. The number of benzene rings is 1. The van der Waals surface area contributed by atoms with Gasteiger partial charge in [-0.3, -0.25) is 9.69 Å². The number of carbonyl (C=O) groups excluding carboxylic acids is 1. The lowest BCUT2D eigenvalue weighted by atomic mass is 9.74. The quantitative estimate of drug-likeness (QED) is 0.834. The van der Waals surface area contributed by atoms with E-state index in [0.717, 1.165) is 54.2 Å². The lowest BCUT2D eigenvalue weighted by molar-refractivity contribution is -0.133. The largest absolute Gasteiger partial charge is 0.361 e. The summed E-state index contributed by atoms with van der Waals surface area (Å²) in [6.07, 6.45) is 8.36. The van der Waals surface area contributed by atoms with Crippen molar-refractivity contribution in [2.75, 3.05) is 18.4 Å². The molecule has 1 atom stereocenters. The molecule has 1 saturated heterocycles. The van der Waals surface area contributed by atoms with E-state index in [0.29, 0.717) is 5.92 Å². The number of carbonyl (C=O) groups is 1. The van der Waals surface area contributed by atoms with E-state index in [1.807, 2.05) is 13.8 Å². The van der Waals surface area contributed by atoms with Crippen LogP contribution in [0, 0.1) is 19.8 Å². The minimum atomic E-state index is -0.513. The minimum Gasteiger partial charge on any atom is -0.361 e. The molecule has 1 aliphatic carbocycles. The Morgan fingerprint density at radius 3 is 2.54 bits per heavy atom. The van der Waals surface area contributed by atoms with E-state index in [2.05, 4.69) is 33.6 Å². The molecule has 5 nitrogen and oxygen atoms in total. The van der Waals surface area contributed by atoms with E-state index in [-0.39, 0.29) is 5.91 Å². The summed E-state index contributed by atoms with van der Waals surface area (Å²) in [4.78, 5) is 16.1. The first kappa shape index (κ1) is 17.9. The van der Waals surface area contributed by atoms with Gasteiger partial charge in [0.05, 0.1) is 5.69 Å². The summed E-state index contributed by atoms with van der Waals surface area (Å²) in [5.74, 6) is 1.41. The van der Waals surface area contributed by atoms with Gasteiger partial charge in [0.2, 0.25) is 5.91 Å². The third-order valence-corrected chi connectivity index (χ3v) is 7.15. The van der Waals surface area contributed by atoms with Gasteiger partial charge in [0.25, 0.3) is 0 Å². The van der Waals surface area contributed by atoms with E-state index in [4.69, 9.17) is 4.52 Å². The second kappa shape index (κ2) is 6.73. The van der Waals surface area contributed by atoms with Crippen LogP contribution in [-0.2, 0) is 10.3 Å². The molecule has 1 aromatic carbocycles. The van der Waals surface area contributed by atoms with Gasteiger partial charge >= 0.3 is 0 Å². The van der Waals surface area contributed by atoms with Crippen LogP contribution in [0.5, 0.6) is 0 Å². The van der Waals surface area contributed by atoms with Crippen molar-refractivity contribution in [2.45, 2.75) is 64.3 Å². The van der Waals surface area contributed by atoms with E-state index >= 15 is 0 Å². The average Bonchev–Trinajstić information content (AvgIpc) is 3.41. The Hall–Kier alpha value is -2.14. The molecule has 1 aromatic heterocycles. The highest BCUT2D eigenvalue weighted by atomic mass is 16.5. The molecule has 2 fully saturated rings. The van der Waals surface area contributed by atoms with Crippen LogP contribution < -0.4 is 5.32 Å². The predicted octanol–water partition coefficient (Wildman–Crippen LogP) is 4.78. The Morgan fingerprint density at radius 1 is 1.11 bits per heavy atom. The Bertz CT molecular complexity index is 887. The standard InChI is InChI=1S/C23H29N3O2/c1-15-21(16(2)28-25-15)17-10-11-20-19(14-17)23(22(27)24-20,18-8-4-5-9-18)26-12-6-3-7-13-26/h10-11,14,18H,3-9,12-13H2,1-2H3,(H,24,27). The SMILES string of the molecule is Cc1noc(C)c1-c1ccc2c(c1)C(C1CCCC1)(N1CCCCC1)C(=O)N2. The van der Waals surface area contributed by atoms with Crippen molar-refractivity contribution in [1.82, 2.24) is 10.1 Å². The fourth-order valence-corrected chi connectivity index (χ4v) is 5.93. The highest BCUT2D eigenvalue weighted by molar-refractivity contribution is 6.06. The number of hydrogen-bond donors (Lipinski definition) is 1. The molecular weight excluding hydrogens is 350 g/mol. The van der Waals surface area contributed by atoms with Crippen LogP contribution in [0.4, 0.5) is 5.69 Å². The highest BCUT2D eigenvalue weighted by Gasteiger charge is 2.56. The van der Waals surface area contributed by atoms with Crippen molar-refractivity contribution in [2.24, 2.45) is 5.92 Å². The molecule has 1 unspecified atom stereocenters. The van der Waals surface area contributed by atoms with Crippen molar-refractivity contribution < 1.29 is 9.32 Å². The molecule has 1 N–H and O–H groups in total. The summed E-state index contributed by atoms with van der Waals surface area (Å²) in [5.41, 5.74) is 4.70. The van der Waals surface area contributed by atoms with Crippen LogP contribution in [0.15, 0.2) is 22.7 Å². The summed E-state index contributed by atoms with van der Waals surface area (Å²) < 4.78 is 5.42. The first-order chi connectivity index (χ1) is 13.6. The molecule has 1 saturated carbocycles. The minimum absolute atomic E-state index is 0.187. The second-order valence-electron chi connectivity index (χ2n) is 8.71. The van der Waals surface area contributed by atoms with Crippen LogP contribution in [0.3, 0.4) is 0 Å². The number of anilines is 1. The Morgan fingerprint density at radius 2 is 1.86 bits per heavy atom. The Balaban J connectivity index is 1.69. The number of amides is 1. The van der Waals surface area contributed by atoms with Crippen LogP contribution in [0.25, 0.3) is 11.1 Å². The Labute approximate surface area is 166 Å². The molecule has 3 aliphatic rings. The maximum atomic E-state index is 13.6. The van der Waals surface area contributed by atoms with Gasteiger partial charge in [-0.05, 0) is 76.2 Å². The van der Waals surface area contributed by atoms with E-state index < -0.39 is 5.54 Å². The number of piperidine rings is 1. The third kappa shape index (κ3) is 2.48. The van der Waals surface area contributed by atoms with Crippen LogP contribution in [0.2, 0.25) is 0 Å². The number of nitrogens with zero attached hydrogens (tertiary/aromatic N) is 2. The molecule has 0 spiro atoms. The van der Waals surface area contributed by atoms with Gasteiger partial charge in [-0.1, -0.05) is 30.5 Å². The predicted molar refractivity (Wildman–Crippen MR) is 109 cm³/mol. The maximum Gasteiger partial charge on any atom is 0.249 e. The summed E-state index contributed by atoms with van der Waals surface area (Å²) in [7, 11) is 0. The Kier molecular flexibility index (Phi) is 4.31. The summed E-state index contributed by atoms with van der Waals surface area (Å²) >= 11 is 0. The zero-order valence-corrected chi connectivity index (χ0v) is 16.9. The summed E-state index contributed by atoms with van der Waals surface area (Å²) in [6.45, 7) is 5.97. The smallest absolute Gasteiger partial charge is 0.249 e. The molecule has 2 aromatic rings. The fraction of sp³-hybridized carbons (Fsp3) is 0.565. The van der Waals surface area contributed by atoms with Crippen LogP contribution in [0.1, 0.15) is 62.0 Å². The van der Waals surface area contributed by atoms with Crippen molar-refractivity contribution >= 4 is 11.6 Å². The number of likely N-dealkylation sites (tertiary alicyclic amines) is 1. The van der Waals surface area contributed by atoms with Crippen LogP contribution in [-0.4, -0.2) is 29.1 Å². The number of fused-ring (bicyclic) bond motifs is 1. The molecule has 1 amide bonds. The van der Waals surface area contributed by atoms with Gasteiger partial charge in [0, 0.05) is 16.8 Å². The van der Waals surface area contributed by atoms with Gasteiger partial charge in [0.15, 0.2) is 0 Å². The highest BCUT2D eigenvalue weighted by Crippen LogP contribution is 2.52.